The molecule has 0 aromatic carbocycles. The van der Waals surface area contributed by atoms with Gasteiger partial charge in [0.1, 0.15) is 6.10 Å². The van der Waals surface area contributed by atoms with E-state index in [9.17, 15) is 9.59 Å². The highest BCUT2D eigenvalue weighted by molar-refractivity contribution is 6.74. The summed E-state index contributed by atoms with van der Waals surface area (Å²) in [6.07, 6.45) is 12.3. The van der Waals surface area contributed by atoms with Crippen molar-refractivity contribution in [1.82, 2.24) is 0 Å². The first-order valence-electron chi connectivity index (χ1n) is 13.5. The number of Topliss-reactive ketones (excluding diaryl/α,β-unsaturated/α-hetero) is 1. The Bertz CT molecular complexity index is 626. The molecule has 1 saturated heterocycles. The van der Waals surface area contributed by atoms with Crippen LogP contribution < -0.4 is 0 Å². The third-order valence-corrected chi connectivity index (χ3v) is 12.7. The number of epoxide rings is 1. The van der Waals surface area contributed by atoms with Crippen LogP contribution in [-0.2, 0) is 23.5 Å². The summed E-state index contributed by atoms with van der Waals surface area (Å²) in [5.41, 5.74) is 0. The number of methoxy groups -OCH3 is 1. The van der Waals surface area contributed by atoms with E-state index in [1.807, 2.05) is 0 Å². The van der Waals surface area contributed by atoms with Crippen molar-refractivity contribution >= 4 is 20.1 Å². The molecule has 2 fully saturated rings. The molecule has 0 amide bonds. The highest BCUT2D eigenvalue weighted by Crippen LogP contribution is 2.46. The summed E-state index contributed by atoms with van der Waals surface area (Å²) in [5.74, 6) is 0.592. The van der Waals surface area contributed by atoms with Crippen LogP contribution in [0.15, 0.2) is 0 Å². The van der Waals surface area contributed by atoms with Crippen LogP contribution in [0.1, 0.15) is 105 Å². The lowest BCUT2D eigenvalue weighted by atomic mass is 9.84. The molecule has 0 bridgehead atoms. The largest absolute Gasteiger partial charge is 0.469 e. The molecule has 1 aliphatic heterocycles. The Kier molecular flexibility index (Phi) is 11.1. The second kappa shape index (κ2) is 12.8. The molecule has 0 aromatic heterocycles. The fraction of sp³-hybridized carbons (Fsp3) is 0.926. The van der Waals surface area contributed by atoms with E-state index in [1.54, 1.807) is 0 Å². The van der Waals surface area contributed by atoms with Crippen LogP contribution in [0, 0.1) is 11.8 Å². The molecule has 0 radical (unpaired) electrons. The number of carbonyl (C=O) groups is 2. The summed E-state index contributed by atoms with van der Waals surface area (Å²) < 4.78 is 17.4. The smallest absolute Gasteiger partial charge is 0.305 e. The van der Waals surface area contributed by atoms with E-state index in [2.05, 4.69) is 40.8 Å². The molecule has 0 aromatic rings. The Hall–Kier alpha value is -0.723. The zero-order chi connectivity index (χ0) is 24.6. The normalized spacial score (nSPS) is 27.5. The molecular weight excluding hydrogens is 432 g/mol. The zero-order valence-electron chi connectivity index (χ0n) is 22.4. The van der Waals surface area contributed by atoms with Crippen molar-refractivity contribution in [2.75, 3.05) is 7.11 Å². The predicted octanol–water partition coefficient (Wildman–Crippen LogP) is 6.83. The van der Waals surface area contributed by atoms with Gasteiger partial charge in [0.25, 0.3) is 0 Å². The molecule has 0 unspecified atom stereocenters. The van der Waals surface area contributed by atoms with Crippen molar-refractivity contribution in [3.63, 3.8) is 0 Å². The van der Waals surface area contributed by atoms with Crippen molar-refractivity contribution in [2.24, 2.45) is 11.8 Å². The van der Waals surface area contributed by atoms with E-state index in [-0.39, 0.29) is 35.2 Å². The number of rotatable bonds is 15. The van der Waals surface area contributed by atoms with Crippen LogP contribution >= 0.6 is 0 Å². The molecule has 0 spiro atoms. The summed E-state index contributed by atoms with van der Waals surface area (Å²) in [4.78, 5) is 24.7. The maximum atomic E-state index is 13.4. The lowest BCUT2D eigenvalue weighted by Gasteiger charge is -2.40. The third kappa shape index (κ3) is 8.46. The summed E-state index contributed by atoms with van der Waals surface area (Å²) in [7, 11) is -0.450. The first kappa shape index (κ1) is 28.5. The van der Waals surface area contributed by atoms with Gasteiger partial charge in [-0.2, -0.15) is 0 Å². The summed E-state index contributed by atoms with van der Waals surface area (Å²) in [6, 6.07) is 0. The lowest BCUT2D eigenvalue weighted by molar-refractivity contribution is -0.140. The summed E-state index contributed by atoms with van der Waals surface area (Å²) in [5, 5.41) is 0.164. The highest BCUT2D eigenvalue weighted by atomic mass is 28.4. The Morgan fingerprint density at radius 3 is 2.27 bits per heavy atom. The fourth-order valence-corrected chi connectivity index (χ4v) is 6.40. The van der Waals surface area contributed by atoms with E-state index >= 15 is 0 Å². The van der Waals surface area contributed by atoms with Crippen molar-refractivity contribution < 1.29 is 23.5 Å². The van der Waals surface area contributed by atoms with E-state index in [0.29, 0.717) is 18.1 Å². The second-order valence-corrected chi connectivity index (χ2v) is 16.5. The van der Waals surface area contributed by atoms with E-state index in [4.69, 9.17) is 13.9 Å². The van der Waals surface area contributed by atoms with Gasteiger partial charge in [0.05, 0.1) is 13.2 Å². The average molecular weight is 483 g/mol. The molecule has 2 aliphatic rings. The lowest BCUT2D eigenvalue weighted by Crippen LogP contribution is -2.45. The summed E-state index contributed by atoms with van der Waals surface area (Å²) >= 11 is 0. The molecule has 5 atom stereocenters. The van der Waals surface area contributed by atoms with Crippen molar-refractivity contribution in [3.05, 3.63) is 0 Å². The Morgan fingerprint density at radius 1 is 0.970 bits per heavy atom. The second-order valence-electron chi connectivity index (χ2n) is 11.8. The van der Waals surface area contributed by atoms with Gasteiger partial charge in [-0.3, -0.25) is 9.59 Å². The minimum atomic E-state index is -1.89. The average Bonchev–Trinajstić information content (AvgIpc) is 3.42. The maximum absolute atomic E-state index is 13.4. The van der Waals surface area contributed by atoms with Gasteiger partial charge in [-0.15, -0.1) is 0 Å². The minimum Gasteiger partial charge on any atom is -0.469 e. The first-order chi connectivity index (χ1) is 15.5. The molecule has 1 aliphatic carbocycles. The zero-order valence-corrected chi connectivity index (χ0v) is 23.4. The van der Waals surface area contributed by atoms with E-state index in [1.165, 1.54) is 20.0 Å². The topological polar surface area (TPSA) is 65.1 Å². The predicted molar refractivity (Wildman–Crippen MR) is 136 cm³/mol. The maximum Gasteiger partial charge on any atom is 0.305 e. The van der Waals surface area contributed by atoms with Crippen LogP contribution in [0.5, 0.6) is 0 Å². The van der Waals surface area contributed by atoms with Crippen LogP contribution in [0.4, 0.5) is 0 Å². The molecule has 192 valence electrons. The van der Waals surface area contributed by atoms with Gasteiger partial charge in [-0.25, -0.2) is 0 Å². The third-order valence-electron chi connectivity index (χ3n) is 8.23. The van der Waals surface area contributed by atoms with Gasteiger partial charge >= 0.3 is 5.97 Å². The van der Waals surface area contributed by atoms with Gasteiger partial charge in [-0.05, 0) is 56.2 Å². The number of ketones is 1. The van der Waals surface area contributed by atoms with Gasteiger partial charge in [0.2, 0.25) is 0 Å². The number of carbonyl (C=O) groups excluding carboxylic acids is 2. The molecule has 1 saturated carbocycles. The van der Waals surface area contributed by atoms with Crippen LogP contribution in [0.25, 0.3) is 0 Å². The number of hydrogen-bond donors (Lipinski definition) is 0. The highest BCUT2D eigenvalue weighted by Gasteiger charge is 2.52. The SMILES string of the molecule is CCCCC[C@@H]1O[C@H]1C(=O)[C@H]1CC[C@H](O[Si](C)(C)C(C)(C)C)[C@@H]1CCCCCCC(=O)OC. The van der Waals surface area contributed by atoms with E-state index in [0.717, 1.165) is 57.8 Å². The monoisotopic (exact) mass is 482 g/mol. The van der Waals surface area contributed by atoms with Crippen LogP contribution in [0.3, 0.4) is 0 Å². The first-order valence-corrected chi connectivity index (χ1v) is 16.4. The molecule has 5 nitrogen and oxygen atoms in total. The van der Waals surface area contributed by atoms with Gasteiger partial charge in [0, 0.05) is 18.4 Å². The van der Waals surface area contributed by atoms with E-state index < -0.39 is 8.32 Å². The van der Waals surface area contributed by atoms with Crippen LogP contribution in [-0.4, -0.2) is 45.5 Å². The molecule has 2 rings (SSSR count). The molecular formula is C27H50O5Si. The number of hydrogen-bond acceptors (Lipinski definition) is 5. The fourth-order valence-electron chi connectivity index (χ4n) is 5.00. The molecule has 33 heavy (non-hydrogen) atoms. The Balaban J connectivity index is 1.94. The standard InChI is InChI=1S/C27H50O5Si/c1-8-9-12-16-23-26(31-23)25(29)21-18-19-22(32-33(6,7)27(2,3)4)20(21)15-13-10-11-14-17-24(28)30-5/h20-23,26H,8-19H2,1-7H3/t20-,21+,22+,23+,26-/m1/s1. The van der Waals surface area contributed by atoms with Crippen molar-refractivity contribution in [1.29, 1.82) is 0 Å². The number of ether oxygens (including phenoxy) is 2. The van der Waals surface area contributed by atoms with Gasteiger partial charge < -0.3 is 13.9 Å². The molecule has 6 heteroatoms. The number of esters is 1. The quantitative estimate of drug-likeness (QED) is 0.111. The Labute approximate surface area is 203 Å². The van der Waals surface area contributed by atoms with Crippen molar-refractivity contribution in [3.8, 4) is 0 Å². The van der Waals surface area contributed by atoms with Gasteiger partial charge in [-0.1, -0.05) is 66.2 Å². The van der Waals surface area contributed by atoms with Gasteiger partial charge in [0.15, 0.2) is 14.1 Å². The molecule has 1 heterocycles. The Morgan fingerprint density at radius 2 is 1.64 bits per heavy atom. The van der Waals surface area contributed by atoms with Crippen LogP contribution in [0.2, 0.25) is 18.1 Å². The number of unbranched alkanes of at least 4 members (excludes halogenated alkanes) is 5. The van der Waals surface area contributed by atoms with Crippen molar-refractivity contribution in [2.45, 2.75) is 141 Å². The molecule has 0 N–H and O–H groups in total. The summed E-state index contributed by atoms with van der Waals surface area (Å²) in [6.45, 7) is 13.7. The minimum absolute atomic E-state index is 0.0796.